The molecule has 0 amide bonds. The van der Waals surface area contributed by atoms with E-state index in [1.165, 1.54) is 9.35 Å². The predicted octanol–water partition coefficient (Wildman–Crippen LogP) is 3.08. The Morgan fingerprint density at radius 1 is 1.44 bits per heavy atom. The molecule has 0 aliphatic rings. The first-order chi connectivity index (χ1) is 8.77. The Kier molecular flexibility index (Phi) is 8.88. The average molecular weight is 336 g/mol. The van der Waals surface area contributed by atoms with E-state index in [0.29, 0.717) is 19.3 Å². The first-order valence-corrected chi connectivity index (χ1v) is 7.97. The fourth-order valence-corrected chi connectivity index (χ4v) is 3.20. The number of hydrogen-bond donors (Lipinski definition) is 1. The van der Waals surface area contributed by atoms with Gasteiger partial charge in [0, 0.05) is 28.9 Å². The third kappa shape index (κ3) is 6.29. The molecule has 3 nitrogen and oxygen atoms in total. The molecule has 5 heteroatoms. The summed E-state index contributed by atoms with van der Waals surface area (Å²) in [5, 5.41) is 5.65. The topological polar surface area (TPSA) is 30.5 Å². The van der Waals surface area contributed by atoms with Crippen LogP contribution in [0.3, 0.4) is 0 Å². The molecule has 0 saturated carbocycles. The number of halogens is 1. The minimum atomic E-state index is 0.372. The monoisotopic (exact) mass is 335 g/mol. The summed E-state index contributed by atoms with van der Waals surface area (Å²) in [6.07, 6.45) is 2.14. The Bertz CT molecular complexity index is 320. The van der Waals surface area contributed by atoms with Crippen LogP contribution < -0.4 is 5.32 Å². The molecule has 1 aromatic rings. The van der Waals surface area contributed by atoms with Gasteiger partial charge in [0.2, 0.25) is 0 Å². The molecule has 0 fully saturated rings. The highest BCUT2D eigenvalue weighted by Gasteiger charge is 2.12. The standard InChI is InChI=1S/C13H22BrNO2S/c1-3-5-15-11(10-17-7-6-16-2)9-13-12(14)4-8-18-13/h4,8,11,15H,3,5-7,9-10H2,1-2H3. The van der Waals surface area contributed by atoms with Gasteiger partial charge in [-0.15, -0.1) is 11.3 Å². The SMILES string of the molecule is CCCNC(COCCOC)Cc1sccc1Br. The molecule has 1 N–H and O–H groups in total. The van der Waals surface area contributed by atoms with Gasteiger partial charge in [0.15, 0.2) is 0 Å². The van der Waals surface area contributed by atoms with Crippen LogP contribution in [-0.2, 0) is 15.9 Å². The Morgan fingerprint density at radius 3 is 2.89 bits per heavy atom. The van der Waals surface area contributed by atoms with Crippen LogP contribution in [0.25, 0.3) is 0 Å². The van der Waals surface area contributed by atoms with Gasteiger partial charge in [-0.1, -0.05) is 6.92 Å². The highest BCUT2D eigenvalue weighted by Crippen LogP contribution is 2.24. The smallest absolute Gasteiger partial charge is 0.0701 e. The van der Waals surface area contributed by atoms with E-state index in [1.54, 1.807) is 18.4 Å². The molecule has 0 aromatic carbocycles. The molecular formula is C13H22BrNO2S. The summed E-state index contributed by atoms with van der Waals surface area (Å²) in [6, 6.07) is 2.47. The van der Waals surface area contributed by atoms with Crippen LogP contribution in [0, 0.1) is 0 Å². The minimum Gasteiger partial charge on any atom is -0.382 e. The second-order valence-corrected chi connectivity index (χ2v) is 5.97. The Morgan fingerprint density at radius 2 is 2.28 bits per heavy atom. The van der Waals surface area contributed by atoms with Crippen molar-refractivity contribution < 1.29 is 9.47 Å². The highest BCUT2D eigenvalue weighted by atomic mass is 79.9. The normalized spacial score (nSPS) is 12.8. The van der Waals surface area contributed by atoms with Crippen LogP contribution >= 0.6 is 27.3 Å². The molecule has 0 saturated heterocycles. The van der Waals surface area contributed by atoms with Gasteiger partial charge in [-0.3, -0.25) is 0 Å². The van der Waals surface area contributed by atoms with E-state index in [9.17, 15) is 0 Å². The van der Waals surface area contributed by atoms with Crippen molar-refractivity contribution in [1.82, 2.24) is 5.32 Å². The van der Waals surface area contributed by atoms with E-state index < -0.39 is 0 Å². The van der Waals surface area contributed by atoms with Gasteiger partial charge in [-0.05, 0) is 40.3 Å². The fourth-order valence-electron chi connectivity index (χ4n) is 1.60. The molecule has 18 heavy (non-hydrogen) atoms. The number of ether oxygens (including phenoxy) is 2. The van der Waals surface area contributed by atoms with Crippen molar-refractivity contribution in [2.75, 3.05) is 33.5 Å². The lowest BCUT2D eigenvalue weighted by atomic mass is 10.2. The quantitative estimate of drug-likeness (QED) is 0.666. The number of hydrogen-bond acceptors (Lipinski definition) is 4. The third-order valence-corrected chi connectivity index (χ3v) is 4.51. The molecular weight excluding hydrogens is 314 g/mol. The zero-order valence-electron chi connectivity index (χ0n) is 11.1. The highest BCUT2D eigenvalue weighted by molar-refractivity contribution is 9.10. The van der Waals surface area contributed by atoms with Gasteiger partial charge in [-0.25, -0.2) is 0 Å². The second kappa shape index (κ2) is 9.92. The molecule has 1 rings (SSSR count). The summed E-state index contributed by atoms with van der Waals surface area (Å²) in [6.45, 7) is 5.25. The first kappa shape index (κ1) is 16.1. The van der Waals surface area contributed by atoms with E-state index >= 15 is 0 Å². The van der Waals surface area contributed by atoms with E-state index in [2.05, 4.69) is 39.6 Å². The summed E-state index contributed by atoms with van der Waals surface area (Å²) in [5.74, 6) is 0. The predicted molar refractivity (Wildman–Crippen MR) is 80.5 cm³/mol. The molecule has 0 radical (unpaired) electrons. The van der Waals surface area contributed by atoms with Crippen LogP contribution in [0.2, 0.25) is 0 Å². The maximum atomic E-state index is 5.62. The van der Waals surface area contributed by atoms with E-state index in [1.807, 2.05) is 0 Å². The summed E-state index contributed by atoms with van der Waals surface area (Å²) in [4.78, 5) is 1.37. The number of nitrogens with one attached hydrogen (secondary N) is 1. The van der Waals surface area contributed by atoms with Crippen LogP contribution in [0.4, 0.5) is 0 Å². The zero-order valence-corrected chi connectivity index (χ0v) is 13.5. The second-order valence-electron chi connectivity index (χ2n) is 4.11. The molecule has 0 bridgehead atoms. The summed E-state index contributed by atoms with van der Waals surface area (Å²) < 4.78 is 11.8. The molecule has 1 heterocycles. The lowest BCUT2D eigenvalue weighted by molar-refractivity contribution is 0.0588. The summed E-state index contributed by atoms with van der Waals surface area (Å²) in [5.41, 5.74) is 0. The lowest BCUT2D eigenvalue weighted by Gasteiger charge is -2.18. The Hall–Kier alpha value is 0.0600. The molecule has 1 aromatic heterocycles. The lowest BCUT2D eigenvalue weighted by Crippen LogP contribution is -2.36. The van der Waals surface area contributed by atoms with Crippen molar-refractivity contribution in [2.45, 2.75) is 25.8 Å². The van der Waals surface area contributed by atoms with Crippen molar-refractivity contribution >= 4 is 27.3 Å². The van der Waals surface area contributed by atoms with E-state index in [0.717, 1.165) is 26.0 Å². The Balaban J connectivity index is 2.37. The van der Waals surface area contributed by atoms with E-state index in [-0.39, 0.29) is 0 Å². The molecule has 104 valence electrons. The summed E-state index contributed by atoms with van der Waals surface area (Å²) >= 11 is 5.37. The van der Waals surface area contributed by atoms with Gasteiger partial charge in [-0.2, -0.15) is 0 Å². The third-order valence-electron chi connectivity index (χ3n) is 2.56. The largest absolute Gasteiger partial charge is 0.382 e. The molecule has 0 spiro atoms. The Labute approximate surface area is 122 Å². The van der Waals surface area contributed by atoms with Crippen LogP contribution in [0.1, 0.15) is 18.2 Å². The molecule has 1 atom stereocenters. The molecule has 1 unspecified atom stereocenters. The van der Waals surface area contributed by atoms with Crippen molar-refractivity contribution in [3.8, 4) is 0 Å². The van der Waals surface area contributed by atoms with Crippen molar-refractivity contribution in [1.29, 1.82) is 0 Å². The number of rotatable bonds is 10. The minimum absolute atomic E-state index is 0.372. The fraction of sp³-hybridized carbons (Fsp3) is 0.692. The van der Waals surface area contributed by atoms with Crippen LogP contribution in [-0.4, -0.2) is 39.5 Å². The first-order valence-electron chi connectivity index (χ1n) is 6.29. The molecule has 0 aliphatic carbocycles. The number of thiophene rings is 1. The zero-order chi connectivity index (χ0) is 13.2. The van der Waals surface area contributed by atoms with Gasteiger partial charge in [0.05, 0.1) is 19.8 Å². The average Bonchev–Trinajstić information content (AvgIpc) is 2.77. The maximum absolute atomic E-state index is 5.62. The van der Waals surface area contributed by atoms with Crippen molar-refractivity contribution in [3.05, 3.63) is 20.8 Å². The summed E-state index contributed by atoms with van der Waals surface area (Å²) in [7, 11) is 1.69. The van der Waals surface area contributed by atoms with Gasteiger partial charge >= 0.3 is 0 Å². The van der Waals surface area contributed by atoms with E-state index in [4.69, 9.17) is 9.47 Å². The van der Waals surface area contributed by atoms with Crippen molar-refractivity contribution in [2.24, 2.45) is 0 Å². The number of methoxy groups -OCH3 is 1. The van der Waals surface area contributed by atoms with Gasteiger partial charge in [0.1, 0.15) is 0 Å². The van der Waals surface area contributed by atoms with Gasteiger partial charge < -0.3 is 14.8 Å². The van der Waals surface area contributed by atoms with Crippen LogP contribution in [0.15, 0.2) is 15.9 Å². The maximum Gasteiger partial charge on any atom is 0.0701 e. The van der Waals surface area contributed by atoms with Crippen LogP contribution in [0.5, 0.6) is 0 Å². The van der Waals surface area contributed by atoms with Crippen molar-refractivity contribution in [3.63, 3.8) is 0 Å². The van der Waals surface area contributed by atoms with Gasteiger partial charge in [0.25, 0.3) is 0 Å². The molecule has 0 aliphatic heterocycles.